The highest BCUT2D eigenvalue weighted by Crippen LogP contribution is 2.26. The lowest BCUT2D eigenvalue weighted by Gasteiger charge is -2.07. The van der Waals surface area contributed by atoms with E-state index < -0.39 is 0 Å². The second kappa shape index (κ2) is 6.64. The average molecular weight is 280 g/mol. The van der Waals surface area contributed by atoms with Crippen LogP contribution in [-0.4, -0.2) is 6.54 Å². The van der Waals surface area contributed by atoms with E-state index in [0.29, 0.717) is 17.4 Å². The fourth-order valence-corrected chi connectivity index (χ4v) is 1.91. The van der Waals surface area contributed by atoms with Crippen LogP contribution in [0.1, 0.15) is 23.8 Å². The van der Waals surface area contributed by atoms with Gasteiger partial charge in [-0.3, -0.25) is 0 Å². The molecular formula is C15H18ClNO2. The Labute approximate surface area is 118 Å². The first-order valence-electron chi connectivity index (χ1n) is 6.35. The van der Waals surface area contributed by atoms with Gasteiger partial charge in [-0.2, -0.15) is 0 Å². The molecule has 0 aliphatic heterocycles. The third-order valence-corrected chi connectivity index (χ3v) is 3.06. The summed E-state index contributed by atoms with van der Waals surface area (Å²) in [5, 5.41) is 3.86. The van der Waals surface area contributed by atoms with Gasteiger partial charge in [0.15, 0.2) is 0 Å². The average Bonchev–Trinajstić information content (AvgIpc) is 2.85. The number of hydrogen-bond donors (Lipinski definition) is 1. The summed E-state index contributed by atoms with van der Waals surface area (Å²) in [4.78, 5) is 0. The Morgan fingerprint density at radius 1 is 1.32 bits per heavy atom. The van der Waals surface area contributed by atoms with Gasteiger partial charge in [0.05, 0.1) is 11.3 Å². The summed E-state index contributed by atoms with van der Waals surface area (Å²) in [6.45, 7) is 6.21. The fraction of sp³-hybridized carbons (Fsp3) is 0.333. The van der Waals surface area contributed by atoms with Crippen molar-refractivity contribution in [1.82, 2.24) is 5.32 Å². The molecular weight excluding hydrogens is 262 g/mol. The molecule has 3 nitrogen and oxygen atoms in total. The number of ether oxygens (including phenoxy) is 1. The molecule has 0 saturated heterocycles. The van der Waals surface area contributed by atoms with Gasteiger partial charge in [0.2, 0.25) is 0 Å². The minimum atomic E-state index is 0.384. The molecule has 1 N–H and O–H groups in total. The van der Waals surface area contributed by atoms with Gasteiger partial charge in [0, 0.05) is 12.1 Å². The van der Waals surface area contributed by atoms with Gasteiger partial charge < -0.3 is 14.5 Å². The molecule has 0 saturated carbocycles. The molecule has 0 unspecified atom stereocenters. The van der Waals surface area contributed by atoms with E-state index in [2.05, 4.69) is 12.2 Å². The van der Waals surface area contributed by atoms with Crippen molar-refractivity contribution in [3.63, 3.8) is 0 Å². The Bertz CT molecular complexity index is 537. The Hall–Kier alpha value is -1.45. The van der Waals surface area contributed by atoms with Crippen molar-refractivity contribution in [2.24, 2.45) is 0 Å². The highest BCUT2D eigenvalue weighted by atomic mass is 35.5. The third kappa shape index (κ3) is 4.01. The van der Waals surface area contributed by atoms with E-state index in [1.807, 2.05) is 31.2 Å². The second-order valence-electron chi connectivity index (χ2n) is 4.42. The van der Waals surface area contributed by atoms with Crippen LogP contribution in [0.4, 0.5) is 0 Å². The largest absolute Gasteiger partial charge is 0.484 e. The number of benzene rings is 1. The van der Waals surface area contributed by atoms with E-state index in [1.165, 1.54) is 0 Å². The smallest absolute Gasteiger partial charge is 0.146 e. The molecule has 1 aromatic heterocycles. The van der Waals surface area contributed by atoms with Gasteiger partial charge in [-0.25, -0.2) is 0 Å². The molecule has 0 bridgehead atoms. The first-order chi connectivity index (χ1) is 9.19. The minimum absolute atomic E-state index is 0.384. The van der Waals surface area contributed by atoms with Crippen LogP contribution in [0.2, 0.25) is 5.02 Å². The summed E-state index contributed by atoms with van der Waals surface area (Å²) < 4.78 is 11.1. The molecule has 2 rings (SSSR count). The van der Waals surface area contributed by atoms with Gasteiger partial charge in [-0.05, 0) is 37.2 Å². The van der Waals surface area contributed by atoms with Crippen molar-refractivity contribution in [1.29, 1.82) is 0 Å². The SMILES string of the molecule is CCNCc1coc(COc2cc(C)ccc2Cl)c1. The van der Waals surface area contributed by atoms with E-state index in [9.17, 15) is 0 Å². The molecule has 0 amide bonds. The Balaban J connectivity index is 1.94. The lowest BCUT2D eigenvalue weighted by atomic mass is 10.2. The van der Waals surface area contributed by atoms with Crippen LogP contribution in [0.5, 0.6) is 5.75 Å². The zero-order valence-corrected chi connectivity index (χ0v) is 12.0. The maximum atomic E-state index is 6.07. The lowest BCUT2D eigenvalue weighted by Crippen LogP contribution is -2.10. The molecule has 0 atom stereocenters. The summed E-state index contributed by atoms with van der Waals surface area (Å²) in [5.41, 5.74) is 2.24. The van der Waals surface area contributed by atoms with Crippen molar-refractivity contribution in [3.8, 4) is 5.75 Å². The molecule has 0 fully saturated rings. The zero-order chi connectivity index (χ0) is 13.7. The Morgan fingerprint density at radius 3 is 2.95 bits per heavy atom. The summed E-state index contributed by atoms with van der Waals surface area (Å²) in [6.07, 6.45) is 1.75. The summed E-state index contributed by atoms with van der Waals surface area (Å²) in [6, 6.07) is 7.71. The van der Waals surface area contributed by atoms with Gasteiger partial charge in [-0.15, -0.1) is 0 Å². The first-order valence-corrected chi connectivity index (χ1v) is 6.72. The Morgan fingerprint density at radius 2 is 2.16 bits per heavy atom. The number of rotatable bonds is 6. The first kappa shape index (κ1) is 14.0. The van der Waals surface area contributed by atoms with Crippen molar-refractivity contribution in [3.05, 3.63) is 52.4 Å². The van der Waals surface area contributed by atoms with Crippen molar-refractivity contribution >= 4 is 11.6 Å². The topological polar surface area (TPSA) is 34.4 Å². The number of nitrogens with one attached hydrogen (secondary N) is 1. The fourth-order valence-electron chi connectivity index (χ4n) is 1.73. The molecule has 2 aromatic rings. The Kier molecular flexibility index (Phi) is 4.88. The minimum Gasteiger partial charge on any atom is -0.484 e. The molecule has 0 spiro atoms. The van der Waals surface area contributed by atoms with E-state index in [4.69, 9.17) is 20.8 Å². The van der Waals surface area contributed by atoms with E-state index >= 15 is 0 Å². The van der Waals surface area contributed by atoms with Crippen molar-refractivity contribution in [2.45, 2.75) is 27.0 Å². The van der Waals surface area contributed by atoms with Crippen LogP contribution in [0.25, 0.3) is 0 Å². The van der Waals surface area contributed by atoms with Crippen LogP contribution in [-0.2, 0) is 13.2 Å². The van der Waals surface area contributed by atoms with Crippen molar-refractivity contribution < 1.29 is 9.15 Å². The summed E-state index contributed by atoms with van der Waals surface area (Å²) in [5.74, 6) is 1.48. The maximum absolute atomic E-state index is 6.07. The summed E-state index contributed by atoms with van der Waals surface area (Å²) in [7, 11) is 0. The quantitative estimate of drug-likeness (QED) is 0.870. The van der Waals surface area contributed by atoms with Crippen LogP contribution in [0.15, 0.2) is 34.9 Å². The highest BCUT2D eigenvalue weighted by molar-refractivity contribution is 6.32. The van der Waals surface area contributed by atoms with Crippen molar-refractivity contribution in [2.75, 3.05) is 6.54 Å². The van der Waals surface area contributed by atoms with E-state index in [-0.39, 0.29) is 0 Å². The van der Waals surface area contributed by atoms with Crippen LogP contribution >= 0.6 is 11.6 Å². The van der Waals surface area contributed by atoms with E-state index in [1.54, 1.807) is 6.26 Å². The molecule has 102 valence electrons. The molecule has 19 heavy (non-hydrogen) atoms. The number of hydrogen-bond acceptors (Lipinski definition) is 3. The standard InChI is InChI=1S/C15H18ClNO2/c1-3-17-8-12-7-13(18-9-12)10-19-15-6-11(2)4-5-14(15)16/h4-7,9,17H,3,8,10H2,1-2H3. The highest BCUT2D eigenvalue weighted by Gasteiger charge is 2.05. The lowest BCUT2D eigenvalue weighted by molar-refractivity contribution is 0.270. The van der Waals surface area contributed by atoms with Crippen LogP contribution in [0, 0.1) is 6.92 Å². The van der Waals surface area contributed by atoms with Crippen LogP contribution < -0.4 is 10.1 Å². The normalized spacial score (nSPS) is 10.7. The number of aryl methyl sites for hydroxylation is 1. The molecule has 4 heteroatoms. The monoisotopic (exact) mass is 279 g/mol. The van der Waals surface area contributed by atoms with Gasteiger partial charge >= 0.3 is 0 Å². The zero-order valence-electron chi connectivity index (χ0n) is 11.2. The molecule has 1 aromatic carbocycles. The molecule has 0 aliphatic rings. The second-order valence-corrected chi connectivity index (χ2v) is 4.83. The van der Waals surface area contributed by atoms with Gasteiger partial charge in [0.25, 0.3) is 0 Å². The number of furan rings is 1. The third-order valence-electron chi connectivity index (χ3n) is 2.74. The molecule has 1 heterocycles. The predicted octanol–water partition coefficient (Wildman–Crippen LogP) is 3.93. The molecule has 0 radical (unpaired) electrons. The number of halogens is 1. The van der Waals surface area contributed by atoms with Gasteiger partial charge in [-0.1, -0.05) is 24.6 Å². The molecule has 0 aliphatic carbocycles. The van der Waals surface area contributed by atoms with E-state index in [0.717, 1.165) is 30.0 Å². The summed E-state index contributed by atoms with van der Waals surface area (Å²) >= 11 is 6.07. The predicted molar refractivity (Wildman–Crippen MR) is 76.6 cm³/mol. The van der Waals surface area contributed by atoms with Gasteiger partial charge in [0.1, 0.15) is 18.1 Å². The van der Waals surface area contributed by atoms with Crippen LogP contribution in [0.3, 0.4) is 0 Å². The maximum Gasteiger partial charge on any atom is 0.146 e.